The van der Waals surface area contributed by atoms with Crippen molar-refractivity contribution in [2.24, 2.45) is 5.10 Å². The summed E-state index contributed by atoms with van der Waals surface area (Å²) < 4.78 is 10.6. The number of allylic oxidation sites excluding steroid dienone is 1. The van der Waals surface area contributed by atoms with Crippen LogP contribution in [0.5, 0.6) is 11.5 Å². The zero-order valence-electron chi connectivity index (χ0n) is 12.5. The third kappa shape index (κ3) is 3.74. The molecule has 3 rings (SSSR count). The first-order valence-corrected chi connectivity index (χ1v) is 7.05. The number of ether oxygens (including phenoxy) is 2. The Morgan fingerprint density at radius 3 is 3.00 bits per heavy atom. The highest BCUT2D eigenvalue weighted by molar-refractivity contribution is 5.99. The van der Waals surface area contributed by atoms with Gasteiger partial charge in [0.1, 0.15) is 0 Å². The van der Waals surface area contributed by atoms with E-state index in [-0.39, 0.29) is 12.7 Å². The van der Waals surface area contributed by atoms with Crippen LogP contribution in [-0.4, -0.2) is 23.4 Å². The second kappa shape index (κ2) is 6.74. The van der Waals surface area contributed by atoms with Gasteiger partial charge in [-0.25, -0.2) is 5.43 Å². The molecular formula is C17H15N3O3. The lowest BCUT2D eigenvalue weighted by molar-refractivity contribution is 0.0954. The van der Waals surface area contributed by atoms with E-state index in [1.807, 2.05) is 24.3 Å². The maximum atomic E-state index is 11.8. The molecule has 0 spiro atoms. The highest BCUT2D eigenvalue weighted by Crippen LogP contribution is 2.32. The molecule has 0 saturated carbocycles. The van der Waals surface area contributed by atoms with E-state index in [0.29, 0.717) is 11.3 Å². The van der Waals surface area contributed by atoms with Crippen molar-refractivity contribution >= 4 is 17.7 Å². The summed E-state index contributed by atoms with van der Waals surface area (Å²) in [6.07, 6.45) is 6.79. The minimum atomic E-state index is -0.297. The summed E-state index contributed by atoms with van der Waals surface area (Å²) in [5, 5.41) is 4.03. The number of hydrogen-bond donors (Lipinski definition) is 1. The van der Waals surface area contributed by atoms with Gasteiger partial charge in [-0.15, -0.1) is 0 Å². The zero-order chi connectivity index (χ0) is 16.1. The minimum Gasteiger partial charge on any atom is -0.454 e. The molecular weight excluding hydrogens is 294 g/mol. The third-order valence-corrected chi connectivity index (χ3v) is 3.17. The van der Waals surface area contributed by atoms with Crippen molar-refractivity contribution in [2.75, 3.05) is 6.79 Å². The highest BCUT2D eigenvalue weighted by Gasteiger charge is 2.12. The van der Waals surface area contributed by atoms with Gasteiger partial charge in [-0.1, -0.05) is 12.1 Å². The number of carbonyl (C=O) groups excluding carboxylic acids is 1. The Balaban J connectivity index is 1.62. The highest BCUT2D eigenvalue weighted by atomic mass is 16.7. The SMILES string of the molecule is CC(/C=C\c1ccc2c(c1)OCO2)=NNC(=O)c1cccnc1. The first-order valence-electron chi connectivity index (χ1n) is 7.05. The smallest absolute Gasteiger partial charge is 0.272 e. The van der Waals surface area contributed by atoms with Crippen molar-refractivity contribution in [1.29, 1.82) is 0 Å². The Morgan fingerprint density at radius 2 is 2.17 bits per heavy atom. The van der Waals surface area contributed by atoms with Crippen LogP contribution >= 0.6 is 0 Å². The monoisotopic (exact) mass is 309 g/mol. The number of aromatic nitrogens is 1. The van der Waals surface area contributed by atoms with Gasteiger partial charge < -0.3 is 9.47 Å². The summed E-state index contributed by atoms with van der Waals surface area (Å²) in [7, 11) is 0. The molecule has 1 aliphatic heterocycles. The van der Waals surface area contributed by atoms with Gasteiger partial charge in [0.25, 0.3) is 5.91 Å². The van der Waals surface area contributed by atoms with Crippen molar-refractivity contribution in [2.45, 2.75) is 6.92 Å². The van der Waals surface area contributed by atoms with Crippen LogP contribution in [0.25, 0.3) is 6.08 Å². The molecule has 116 valence electrons. The Kier molecular flexibility index (Phi) is 4.33. The summed E-state index contributed by atoms with van der Waals surface area (Å²) in [5.74, 6) is 1.18. The van der Waals surface area contributed by atoms with E-state index < -0.39 is 0 Å². The van der Waals surface area contributed by atoms with Crippen LogP contribution in [0, 0.1) is 0 Å². The van der Waals surface area contributed by atoms with Crippen molar-refractivity contribution in [3.63, 3.8) is 0 Å². The summed E-state index contributed by atoms with van der Waals surface area (Å²) in [5.41, 5.74) is 4.58. The second-order valence-corrected chi connectivity index (χ2v) is 4.88. The standard InChI is InChI=1S/C17H15N3O3/c1-12(19-20-17(21)14-3-2-8-18-10-14)4-5-13-6-7-15-16(9-13)23-11-22-15/h2-10H,11H2,1H3,(H,20,21)/b5-4-,19-12?. The molecule has 6 heteroatoms. The Bertz CT molecular complexity index is 770. The van der Waals surface area contributed by atoms with E-state index in [4.69, 9.17) is 9.47 Å². The third-order valence-electron chi connectivity index (χ3n) is 3.17. The topological polar surface area (TPSA) is 72.8 Å². The molecule has 2 heterocycles. The fraction of sp³-hybridized carbons (Fsp3) is 0.118. The molecule has 1 aromatic heterocycles. The normalized spacial score (nSPS) is 13.3. The van der Waals surface area contributed by atoms with E-state index >= 15 is 0 Å². The lowest BCUT2D eigenvalue weighted by atomic mass is 10.2. The number of carbonyl (C=O) groups is 1. The molecule has 1 N–H and O–H groups in total. The van der Waals surface area contributed by atoms with Gasteiger partial charge in [0, 0.05) is 12.4 Å². The number of nitrogens with one attached hydrogen (secondary N) is 1. The van der Waals surface area contributed by atoms with Crippen molar-refractivity contribution in [1.82, 2.24) is 10.4 Å². The molecule has 0 aliphatic carbocycles. The van der Waals surface area contributed by atoms with E-state index in [1.54, 1.807) is 31.3 Å². The fourth-order valence-corrected chi connectivity index (χ4v) is 1.97. The summed E-state index contributed by atoms with van der Waals surface area (Å²) >= 11 is 0. The molecule has 0 atom stereocenters. The minimum absolute atomic E-state index is 0.253. The second-order valence-electron chi connectivity index (χ2n) is 4.88. The molecule has 1 amide bonds. The lowest BCUT2D eigenvalue weighted by Crippen LogP contribution is -2.18. The van der Waals surface area contributed by atoms with Gasteiger partial charge in [0.2, 0.25) is 6.79 Å². The zero-order valence-corrected chi connectivity index (χ0v) is 12.5. The van der Waals surface area contributed by atoms with Gasteiger partial charge >= 0.3 is 0 Å². The molecule has 0 bridgehead atoms. The number of rotatable bonds is 4. The maximum absolute atomic E-state index is 11.8. The average molecular weight is 309 g/mol. The summed E-state index contributed by atoms with van der Waals surface area (Å²) in [6.45, 7) is 2.05. The van der Waals surface area contributed by atoms with Crippen LogP contribution in [-0.2, 0) is 0 Å². The molecule has 0 fully saturated rings. The quantitative estimate of drug-likeness (QED) is 0.696. The van der Waals surface area contributed by atoms with Gasteiger partial charge in [-0.3, -0.25) is 9.78 Å². The van der Waals surface area contributed by atoms with Crippen molar-refractivity contribution in [3.8, 4) is 11.5 Å². The number of nitrogens with zero attached hydrogens (tertiary/aromatic N) is 2. The number of benzene rings is 1. The van der Waals surface area contributed by atoms with Gasteiger partial charge in [0.05, 0.1) is 11.3 Å². The first-order chi connectivity index (χ1) is 11.2. The number of hydrazone groups is 1. The fourth-order valence-electron chi connectivity index (χ4n) is 1.97. The lowest BCUT2D eigenvalue weighted by Gasteiger charge is -2.00. The molecule has 0 radical (unpaired) electrons. The van der Waals surface area contributed by atoms with E-state index in [9.17, 15) is 4.79 Å². The molecule has 2 aromatic rings. The van der Waals surface area contributed by atoms with Crippen LogP contribution in [0.15, 0.2) is 53.9 Å². The number of pyridine rings is 1. The van der Waals surface area contributed by atoms with Crippen LogP contribution in [0.3, 0.4) is 0 Å². The Morgan fingerprint density at radius 1 is 1.30 bits per heavy atom. The summed E-state index contributed by atoms with van der Waals surface area (Å²) in [6, 6.07) is 9.05. The first kappa shape index (κ1) is 14.8. The van der Waals surface area contributed by atoms with Crippen LogP contribution in [0.1, 0.15) is 22.8 Å². The van der Waals surface area contributed by atoms with E-state index in [2.05, 4.69) is 15.5 Å². The maximum Gasteiger partial charge on any atom is 0.272 e. The molecule has 0 unspecified atom stereocenters. The van der Waals surface area contributed by atoms with Crippen LogP contribution in [0.2, 0.25) is 0 Å². The number of fused-ring (bicyclic) bond motifs is 1. The molecule has 23 heavy (non-hydrogen) atoms. The van der Waals surface area contributed by atoms with Crippen LogP contribution in [0.4, 0.5) is 0 Å². The molecule has 1 aromatic carbocycles. The Hall–Kier alpha value is -3.15. The van der Waals surface area contributed by atoms with Crippen molar-refractivity contribution < 1.29 is 14.3 Å². The predicted molar refractivity (Wildman–Crippen MR) is 86.4 cm³/mol. The van der Waals surface area contributed by atoms with E-state index in [0.717, 1.165) is 17.1 Å². The van der Waals surface area contributed by atoms with E-state index in [1.165, 1.54) is 6.20 Å². The largest absolute Gasteiger partial charge is 0.454 e. The predicted octanol–water partition coefficient (Wildman–Crippen LogP) is 2.63. The van der Waals surface area contributed by atoms with Gasteiger partial charge in [-0.05, 0) is 42.8 Å². The summed E-state index contributed by atoms with van der Waals surface area (Å²) in [4.78, 5) is 15.7. The average Bonchev–Trinajstić information content (AvgIpc) is 3.06. The molecule has 0 saturated heterocycles. The van der Waals surface area contributed by atoms with Crippen LogP contribution < -0.4 is 14.9 Å². The van der Waals surface area contributed by atoms with Gasteiger partial charge in [-0.2, -0.15) is 5.10 Å². The van der Waals surface area contributed by atoms with Gasteiger partial charge in [0.15, 0.2) is 11.5 Å². The number of hydrogen-bond acceptors (Lipinski definition) is 5. The molecule has 6 nitrogen and oxygen atoms in total. The van der Waals surface area contributed by atoms with Crippen molar-refractivity contribution in [3.05, 3.63) is 59.9 Å². The molecule has 1 aliphatic rings. The Labute approximate surface area is 133 Å². The number of amides is 1.